The van der Waals surface area contributed by atoms with Gasteiger partial charge in [-0.2, -0.15) is 0 Å². The van der Waals surface area contributed by atoms with Crippen molar-refractivity contribution in [3.8, 4) is 5.75 Å². The van der Waals surface area contributed by atoms with Crippen LogP contribution in [0.4, 0.5) is 4.79 Å². The van der Waals surface area contributed by atoms with Crippen molar-refractivity contribution in [2.24, 2.45) is 0 Å². The molecule has 0 atom stereocenters. The third-order valence-corrected chi connectivity index (χ3v) is 5.29. The fraction of sp³-hybridized carbons (Fsp3) is 0.158. The highest BCUT2D eigenvalue weighted by atomic mass is 79.9. The first-order chi connectivity index (χ1) is 12.0. The van der Waals surface area contributed by atoms with Gasteiger partial charge in [-0.05, 0) is 59.7 Å². The number of rotatable bonds is 4. The van der Waals surface area contributed by atoms with Crippen molar-refractivity contribution >= 4 is 44.9 Å². The molecule has 2 amide bonds. The molecule has 128 valence electrons. The number of halogens is 1. The van der Waals surface area contributed by atoms with Crippen LogP contribution in [0.15, 0.2) is 51.8 Å². The van der Waals surface area contributed by atoms with Crippen molar-refractivity contribution in [1.29, 1.82) is 0 Å². The summed E-state index contributed by atoms with van der Waals surface area (Å²) >= 11 is 4.34. The summed E-state index contributed by atoms with van der Waals surface area (Å²) in [7, 11) is 1.61. The van der Waals surface area contributed by atoms with Gasteiger partial charge in [0.1, 0.15) is 5.75 Å². The smallest absolute Gasteiger partial charge is 0.293 e. The average Bonchev–Trinajstić information content (AvgIpc) is 2.86. The van der Waals surface area contributed by atoms with Crippen LogP contribution in [0.2, 0.25) is 0 Å². The normalized spacial score (nSPS) is 16.0. The molecule has 0 spiro atoms. The summed E-state index contributed by atoms with van der Waals surface area (Å²) in [5.74, 6) is 0.486. The maximum absolute atomic E-state index is 12.6. The maximum Gasteiger partial charge on any atom is 0.293 e. The number of amides is 2. The highest BCUT2D eigenvalue weighted by Gasteiger charge is 2.34. The zero-order valence-corrected chi connectivity index (χ0v) is 16.2. The number of hydrogen-bond acceptors (Lipinski definition) is 4. The zero-order valence-electron chi connectivity index (χ0n) is 13.8. The van der Waals surface area contributed by atoms with E-state index >= 15 is 0 Å². The van der Waals surface area contributed by atoms with Gasteiger partial charge in [0.2, 0.25) is 0 Å². The van der Waals surface area contributed by atoms with Gasteiger partial charge in [-0.1, -0.05) is 40.2 Å². The Morgan fingerprint density at radius 1 is 1.16 bits per heavy atom. The molecule has 6 heteroatoms. The van der Waals surface area contributed by atoms with Crippen molar-refractivity contribution in [1.82, 2.24) is 4.90 Å². The molecule has 0 bridgehead atoms. The molecule has 1 heterocycles. The fourth-order valence-electron chi connectivity index (χ4n) is 2.49. The molecular formula is C19H16BrNO3S. The van der Waals surface area contributed by atoms with E-state index in [4.69, 9.17) is 4.74 Å². The number of methoxy groups -OCH3 is 1. The van der Waals surface area contributed by atoms with E-state index in [1.54, 1.807) is 13.2 Å². The van der Waals surface area contributed by atoms with E-state index < -0.39 is 0 Å². The Bertz CT molecular complexity index is 861. The molecule has 1 saturated heterocycles. The minimum absolute atomic E-state index is 0.252. The van der Waals surface area contributed by atoms with Crippen molar-refractivity contribution in [2.75, 3.05) is 7.11 Å². The molecule has 0 aromatic heterocycles. The van der Waals surface area contributed by atoms with Gasteiger partial charge < -0.3 is 4.74 Å². The second kappa shape index (κ2) is 7.45. The molecule has 25 heavy (non-hydrogen) atoms. The fourth-order valence-corrected chi connectivity index (χ4v) is 3.59. The van der Waals surface area contributed by atoms with E-state index in [0.717, 1.165) is 38.7 Å². The molecule has 1 aliphatic heterocycles. The van der Waals surface area contributed by atoms with Crippen LogP contribution in [0.5, 0.6) is 5.75 Å². The minimum Gasteiger partial charge on any atom is -0.496 e. The Labute approximate surface area is 159 Å². The lowest BCUT2D eigenvalue weighted by molar-refractivity contribution is -0.123. The molecule has 0 saturated carbocycles. The van der Waals surface area contributed by atoms with Gasteiger partial charge in [-0.25, -0.2) is 0 Å². The van der Waals surface area contributed by atoms with Crippen LogP contribution in [0.1, 0.15) is 16.7 Å². The highest BCUT2D eigenvalue weighted by molar-refractivity contribution is 9.10. The van der Waals surface area contributed by atoms with Gasteiger partial charge in [-0.15, -0.1) is 0 Å². The Morgan fingerprint density at radius 2 is 1.88 bits per heavy atom. The van der Waals surface area contributed by atoms with Gasteiger partial charge in [0.15, 0.2) is 0 Å². The molecule has 2 aromatic carbocycles. The summed E-state index contributed by atoms with van der Waals surface area (Å²) in [5, 5.41) is -0.252. The van der Waals surface area contributed by atoms with E-state index in [9.17, 15) is 9.59 Å². The second-order valence-electron chi connectivity index (χ2n) is 5.62. The van der Waals surface area contributed by atoms with Gasteiger partial charge in [0, 0.05) is 4.47 Å². The summed E-state index contributed by atoms with van der Waals surface area (Å²) in [4.78, 5) is 26.5. The quantitative estimate of drug-likeness (QED) is 0.656. The third kappa shape index (κ3) is 3.96. The van der Waals surface area contributed by atoms with Crippen LogP contribution in [0.25, 0.3) is 6.08 Å². The zero-order chi connectivity index (χ0) is 18.0. The Kier molecular flexibility index (Phi) is 5.30. The molecule has 4 nitrogen and oxygen atoms in total. The van der Waals surface area contributed by atoms with Crippen LogP contribution in [0, 0.1) is 6.92 Å². The second-order valence-corrected chi connectivity index (χ2v) is 7.53. The first kappa shape index (κ1) is 17.8. The standard InChI is InChI=1S/C19H16BrNO3S/c1-12-3-4-14(9-16(12)24-2)10-17-18(22)21(19(23)25-17)11-13-5-7-15(20)8-6-13/h3-10H,11H2,1-2H3/b17-10+. The average molecular weight is 418 g/mol. The first-order valence-corrected chi connectivity index (χ1v) is 9.23. The molecule has 0 N–H and O–H groups in total. The number of ether oxygens (including phenoxy) is 1. The van der Waals surface area contributed by atoms with E-state index in [2.05, 4.69) is 15.9 Å². The summed E-state index contributed by atoms with van der Waals surface area (Å²) in [6.45, 7) is 2.22. The van der Waals surface area contributed by atoms with Gasteiger partial charge in [0.25, 0.3) is 11.1 Å². The predicted octanol–water partition coefficient (Wildman–Crippen LogP) is 5.00. The topological polar surface area (TPSA) is 46.6 Å². The molecule has 1 aliphatic rings. The lowest BCUT2D eigenvalue weighted by Crippen LogP contribution is -2.27. The number of hydrogen-bond donors (Lipinski definition) is 0. The third-order valence-electron chi connectivity index (χ3n) is 3.86. The predicted molar refractivity (Wildman–Crippen MR) is 103 cm³/mol. The van der Waals surface area contributed by atoms with E-state index in [1.165, 1.54) is 4.90 Å². The highest BCUT2D eigenvalue weighted by Crippen LogP contribution is 2.34. The van der Waals surface area contributed by atoms with Crippen LogP contribution < -0.4 is 4.74 Å². The Hall–Kier alpha value is -2.05. The summed E-state index contributed by atoms with van der Waals surface area (Å²) < 4.78 is 6.26. The Balaban J connectivity index is 1.82. The lowest BCUT2D eigenvalue weighted by Gasteiger charge is -2.12. The summed E-state index contributed by atoms with van der Waals surface area (Å²) in [6, 6.07) is 13.3. The SMILES string of the molecule is COc1cc(/C=C2/SC(=O)N(Cc3ccc(Br)cc3)C2=O)ccc1C. The van der Waals surface area contributed by atoms with Crippen molar-refractivity contribution in [3.63, 3.8) is 0 Å². The largest absolute Gasteiger partial charge is 0.496 e. The van der Waals surface area contributed by atoms with Crippen molar-refractivity contribution in [3.05, 3.63) is 68.5 Å². The van der Waals surface area contributed by atoms with Crippen LogP contribution in [0.3, 0.4) is 0 Å². The molecule has 1 fully saturated rings. The first-order valence-electron chi connectivity index (χ1n) is 7.62. The molecule has 3 rings (SSSR count). The molecule has 0 aliphatic carbocycles. The number of nitrogens with zero attached hydrogens (tertiary/aromatic N) is 1. The minimum atomic E-state index is -0.266. The van der Waals surface area contributed by atoms with Crippen LogP contribution in [-0.4, -0.2) is 23.2 Å². The summed E-state index contributed by atoms with van der Waals surface area (Å²) in [6.07, 6.45) is 1.73. The molecule has 2 aromatic rings. The number of thioether (sulfide) groups is 1. The van der Waals surface area contributed by atoms with E-state index in [0.29, 0.717) is 4.91 Å². The van der Waals surface area contributed by atoms with Gasteiger partial charge >= 0.3 is 0 Å². The Morgan fingerprint density at radius 3 is 2.56 bits per heavy atom. The van der Waals surface area contributed by atoms with E-state index in [-0.39, 0.29) is 17.7 Å². The van der Waals surface area contributed by atoms with E-state index in [1.807, 2.05) is 49.4 Å². The molecule has 0 radical (unpaired) electrons. The van der Waals surface area contributed by atoms with Gasteiger partial charge in [0.05, 0.1) is 18.6 Å². The number of benzene rings is 2. The lowest BCUT2D eigenvalue weighted by atomic mass is 10.1. The number of carbonyl (C=O) groups excluding carboxylic acids is 2. The number of carbonyl (C=O) groups is 2. The van der Waals surface area contributed by atoms with Gasteiger partial charge in [-0.3, -0.25) is 14.5 Å². The van der Waals surface area contributed by atoms with Crippen molar-refractivity contribution < 1.29 is 14.3 Å². The van der Waals surface area contributed by atoms with Crippen LogP contribution >= 0.6 is 27.7 Å². The van der Waals surface area contributed by atoms with Crippen LogP contribution in [-0.2, 0) is 11.3 Å². The maximum atomic E-state index is 12.6. The summed E-state index contributed by atoms with van der Waals surface area (Å²) in [5.41, 5.74) is 2.75. The monoisotopic (exact) mass is 417 g/mol. The van der Waals surface area contributed by atoms with Crippen molar-refractivity contribution in [2.45, 2.75) is 13.5 Å². The molecule has 0 unspecified atom stereocenters. The number of aryl methyl sites for hydroxylation is 1. The molecular weight excluding hydrogens is 402 g/mol. The number of imide groups is 1.